The average Bonchev–Trinajstić information content (AvgIpc) is 2.56. The molecule has 2 rings (SSSR count). The fourth-order valence-corrected chi connectivity index (χ4v) is 2.78. The number of nitrogens with one attached hydrogen (secondary N) is 1. The Morgan fingerprint density at radius 1 is 1.22 bits per heavy atom. The van der Waals surface area contributed by atoms with Crippen molar-refractivity contribution in [1.29, 1.82) is 5.26 Å². The molecule has 0 spiro atoms. The fourth-order valence-electron chi connectivity index (χ4n) is 1.92. The quantitative estimate of drug-likeness (QED) is 0.376. The molecule has 7 heteroatoms. The second-order valence-electron chi connectivity index (χ2n) is 4.48. The van der Waals surface area contributed by atoms with Crippen molar-refractivity contribution in [2.24, 2.45) is 0 Å². The number of carbonyl (C=O) groups excluding carboxylic acids is 1. The normalized spacial score (nSPS) is 9.87. The molecule has 2 aromatic carbocycles. The Morgan fingerprint density at radius 3 is 2.65 bits per heavy atom. The van der Waals surface area contributed by atoms with Crippen LogP contribution in [0.3, 0.4) is 0 Å². The Hall–Kier alpha value is -2.85. The molecule has 2 aromatic rings. The zero-order valence-corrected chi connectivity index (χ0v) is 12.9. The first-order valence-electron chi connectivity index (χ1n) is 6.77. The van der Waals surface area contributed by atoms with Gasteiger partial charge >= 0.3 is 0 Å². The molecule has 0 fully saturated rings. The summed E-state index contributed by atoms with van der Waals surface area (Å²) in [5.74, 6) is 0.0696. The fraction of sp³-hybridized carbons (Fsp3) is 0.125. The first kappa shape index (κ1) is 16.5. The molecule has 0 saturated heterocycles. The van der Waals surface area contributed by atoms with Gasteiger partial charge in [-0.15, -0.1) is 11.8 Å². The van der Waals surface area contributed by atoms with Crippen LogP contribution in [0.2, 0.25) is 0 Å². The van der Waals surface area contributed by atoms with Crippen LogP contribution >= 0.6 is 11.8 Å². The monoisotopic (exact) mass is 327 g/mol. The van der Waals surface area contributed by atoms with Crippen LogP contribution in [0, 0.1) is 21.4 Å². The van der Waals surface area contributed by atoms with Gasteiger partial charge in [-0.2, -0.15) is 5.26 Å². The summed E-state index contributed by atoms with van der Waals surface area (Å²) in [6, 6.07) is 15.0. The van der Waals surface area contributed by atoms with E-state index < -0.39 is 10.8 Å². The maximum absolute atomic E-state index is 12.3. The molecule has 0 aliphatic heterocycles. The van der Waals surface area contributed by atoms with Gasteiger partial charge in [0.2, 0.25) is 0 Å². The van der Waals surface area contributed by atoms with Crippen LogP contribution in [0.25, 0.3) is 0 Å². The van der Waals surface area contributed by atoms with E-state index in [0.717, 1.165) is 4.90 Å². The van der Waals surface area contributed by atoms with Gasteiger partial charge in [0.1, 0.15) is 5.56 Å². The molecule has 0 saturated carbocycles. The van der Waals surface area contributed by atoms with Gasteiger partial charge in [-0.25, -0.2) is 0 Å². The number of amides is 1. The molecule has 0 bridgehead atoms. The van der Waals surface area contributed by atoms with Crippen LogP contribution in [0.4, 0.5) is 11.4 Å². The Balaban J connectivity index is 2.21. The molecule has 1 amide bonds. The maximum Gasteiger partial charge on any atom is 0.282 e. The van der Waals surface area contributed by atoms with E-state index in [0.29, 0.717) is 17.9 Å². The smallest absolute Gasteiger partial charge is 0.282 e. The lowest BCUT2D eigenvalue weighted by atomic mass is 10.1. The molecular formula is C16H13N3O3S. The predicted molar refractivity (Wildman–Crippen MR) is 88.4 cm³/mol. The van der Waals surface area contributed by atoms with Gasteiger partial charge in [0.05, 0.1) is 16.7 Å². The summed E-state index contributed by atoms with van der Waals surface area (Å²) in [4.78, 5) is 23.6. The van der Waals surface area contributed by atoms with Crippen LogP contribution in [-0.4, -0.2) is 16.6 Å². The van der Waals surface area contributed by atoms with Crippen LogP contribution < -0.4 is 5.32 Å². The molecule has 0 atom stereocenters. The SMILES string of the molecule is N#CCCSc1ccccc1NC(=O)c1ccccc1[N+](=O)[O-]. The predicted octanol–water partition coefficient (Wildman–Crippen LogP) is 3.85. The Kier molecular flexibility index (Phi) is 5.72. The highest BCUT2D eigenvalue weighted by Gasteiger charge is 2.19. The number of anilines is 1. The number of para-hydroxylation sites is 2. The molecule has 116 valence electrons. The molecule has 1 N–H and O–H groups in total. The van der Waals surface area contributed by atoms with Crippen molar-refractivity contribution in [2.45, 2.75) is 11.3 Å². The van der Waals surface area contributed by atoms with Crippen molar-refractivity contribution in [3.8, 4) is 6.07 Å². The van der Waals surface area contributed by atoms with E-state index in [4.69, 9.17) is 5.26 Å². The number of rotatable bonds is 6. The van der Waals surface area contributed by atoms with E-state index in [1.165, 1.54) is 30.0 Å². The molecular weight excluding hydrogens is 314 g/mol. The minimum atomic E-state index is -0.581. The summed E-state index contributed by atoms with van der Waals surface area (Å²) in [6.07, 6.45) is 0.400. The molecule has 0 unspecified atom stereocenters. The van der Waals surface area contributed by atoms with Crippen molar-refractivity contribution in [3.05, 3.63) is 64.2 Å². The lowest BCUT2D eigenvalue weighted by Crippen LogP contribution is -2.14. The Bertz CT molecular complexity index is 771. The molecule has 0 aromatic heterocycles. The zero-order chi connectivity index (χ0) is 16.7. The van der Waals surface area contributed by atoms with Crippen LogP contribution in [0.5, 0.6) is 0 Å². The van der Waals surface area contributed by atoms with Gasteiger partial charge in [0.25, 0.3) is 11.6 Å². The van der Waals surface area contributed by atoms with Crippen molar-refractivity contribution < 1.29 is 9.72 Å². The summed E-state index contributed by atoms with van der Waals surface area (Å²) in [5.41, 5.74) is 0.340. The number of nitro benzene ring substituents is 1. The van der Waals surface area contributed by atoms with E-state index in [1.807, 2.05) is 12.1 Å². The van der Waals surface area contributed by atoms with Crippen LogP contribution in [0.15, 0.2) is 53.4 Å². The van der Waals surface area contributed by atoms with Crippen molar-refractivity contribution >= 4 is 29.0 Å². The first-order chi connectivity index (χ1) is 11.1. The highest BCUT2D eigenvalue weighted by atomic mass is 32.2. The Morgan fingerprint density at radius 2 is 1.91 bits per heavy atom. The highest BCUT2D eigenvalue weighted by Crippen LogP contribution is 2.28. The number of hydrogen-bond donors (Lipinski definition) is 1. The van der Waals surface area contributed by atoms with E-state index in [2.05, 4.69) is 11.4 Å². The third-order valence-electron chi connectivity index (χ3n) is 2.95. The summed E-state index contributed by atoms with van der Waals surface area (Å²) < 4.78 is 0. The number of hydrogen-bond acceptors (Lipinski definition) is 5. The molecule has 0 heterocycles. The lowest BCUT2D eigenvalue weighted by molar-refractivity contribution is -0.385. The van der Waals surface area contributed by atoms with Crippen LogP contribution in [-0.2, 0) is 0 Å². The standard InChI is InChI=1S/C16H13N3O3S/c17-10-5-11-23-15-9-4-2-7-13(15)18-16(20)12-6-1-3-8-14(12)19(21)22/h1-4,6-9H,5,11H2,(H,18,20). The van der Waals surface area contributed by atoms with E-state index in [9.17, 15) is 14.9 Å². The zero-order valence-electron chi connectivity index (χ0n) is 12.1. The summed E-state index contributed by atoms with van der Waals surface area (Å²) in [5, 5.41) is 22.3. The molecule has 0 aliphatic rings. The van der Waals surface area contributed by atoms with Crippen molar-refractivity contribution in [2.75, 3.05) is 11.1 Å². The molecule has 6 nitrogen and oxygen atoms in total. The summed E-state index contributed by atoms with van der Waals surface area (Å²) >= 11 is 1.45. The second kappa shape index (κ2) is 7.96. The molecule has 23 heavy (non-hydrogen) atoms. The molecule has 0 radical (unpaired) electrons. The van der Waals surface area contributed by atoms with Crippen molar-refractivity contribution in [1.82, 2.24) is 0 Å². The van der Waals surface area contributed by atoms with E-state index in [1.54, 1.807) is 18.2 Å². The van der Waals surface area contributed by atoms with E-state index in [-0.39, 0.29) is 11.3 Å². The minimum Gasteiger partial charge on any atom is -0.321 e. The lowest BCUT2D eigenvalue weighted by Gasteiger charge is -2.10. The van der Waals surface area contributed by atoms with Crippen molar-refractivity contribution in [3.63, 3.8) is 0 Å². The highest BCUT2D eigenvalue weighted by molar-refractivity contribution is 7.99. The number of thioether (sulfide) groups is 1. The topological polar surface area (TPSA) is 96.0 Å². The maximum atomic E-state index is 12.3. The molecule has 0 aliphatic carbocycles. The average molecular weight is 327 g/mol. The summed E-state index contributed by atoms with van der Waals surface area (Å²) in [7, 11) is 0. The van der Waals surface area contributed by atoms with E-state index >= 15 is 0 Å². The number of nitro groups is 1. The number of nitriles is 1. The van der Waals surface area contributed by atoms with Gasteiger partial charge in [-0.1, -0.05) is 24.3 Å². The summed E-state index contributed by atoms with van der Waals surface area (Å²) in [6.45, 7) is 0. The number of benzene rings is 2. The van der Waals surface area contributed by atoms with Gasteiger partial charge < -0.3 is 5.32 Å². The first-order valence-corrected chi connectivity index (χ1v) is 7.75. The van der Waals surface area contributed by atoms with Gasteiger partial charge in [0, 0.05) is 23.1 Å². The largest absolute Gasteiger partial charge is 0.321 e. The van der Waals surface area contributed by atoms with Gasteiger partial charge in [0.15, 0.2) is 0 Å². The van der Waals surface area contributed by atoms with Gasteiger partial charge in [-0.05, 0) is 18.2 Å². The third kappa shape index (κ3) is 4.31. The van der Waals surface area contributed by atoms with Gasteiger partial charge in [-0.3, -0.25) is 14.9 Å². The third-order valence-corrected chi connectivity index (χ3v) is 4.03. The second-order valence-corrected chi connectivity index (χ2v) is 5.62. The number of carbonyl (C=O) groups is 1. The minimum absolute atomic E-state index is 0.00864. The number of nitrogens with zero attached hydrogens (tertiary/aromatic N) is 2. The Labute approximate surface area is 137 Å². The van der Waals surface area contributed by atoms with Crippen LogP contribution in [0.1, 0.15) is 16.8 Å².